The molecule has 0 heterocycles. The molecule has 1 amide bonds. The van der Waals surface area contributed by atoms with Crippen LogP contribution in [0.4, 0.5) is 17.1 Å². The monoisotopic (exact) mass is 512 g/mol. The van der Waals surface area contributed by atoms with E-state index in [1.54, 1.807) is 0 Å². The van der Waals surface area contributed by atoms with E-state index in [9.17, 15) is 30.1 Å². The van der Waals surface area contributed by atoms with Crippen LogP contribution in [0.3, 0.4) is 0 Å². The van der Waals surface area contributed by atoms with E-state index in [1.807, 2.05) is 0 Å². The average Bonchev–Trinajstić information content (AvgIpc) is 2.64. The molecule has 0 aliphatic rings. The fraction of sp³-hybridized carbons (Fsp3) is 0.500. The van der Waals surface area contributed by atoms with Crippen LogP contribution in [0.5, 0.6) is 0 Å². The lowest BCUT2D eigenvalue weighted by Gasteiger charge is -2.23. The van der Waals surface area contributed by atoms with Gasteiger partial charge in [-0.05, 0) is 6.07 Å². The van der Waals surface area contributed by atoms with Crippen molar-refractivity contribution in [3.05, 3.63) is 37.9 Å². The standard InChI is InChI=1S/C14H18Br2N4O7/c15-3-5-18(6-4-16)13-11(19(24)25)2-1-10(12(13)20(26)27)14(23)17-7-9(22)8-21/h1-2,9,21-22H,3-8H2,(H,17,23). The Hall–Kier alpha value is -1.83. The molecule has 0 aliphatic heterocycles. The van der Waals surface area contributed by atoms with Crippen molar-refractivity contribution in [2.75, 3.05) is 41.8 Å². The van der Waals surface area contributed by atoms with E-state index in [1.165, 1.54) is 4.90 Å². The van der Waals surface area contributed by atoms with Crippen molar-refractivity contribution >= 4 is 54.8 Å². The number of nitrogens with one attached hydrogen (secondary N) is 1. The fourth-order valence-electron chi connectivity index (χ4n) is 2.31. The summed E-state index contributed by atoms with van der Waals surface area (Å²) in [5.41, 5.74) is -1.82. The molecule has 0 saturated carbocycles. The summed E-state index contributed by atoms with van der Waals surface area (Å²) >= 11 is 6.42. The van der Waals surface area contributed by atoms with Gasteiger partial charge in [0.25, 0.3) is 11.6 Å². The lowest BCUT2D eigenvalue weighted by atomic mass is 10.1. The van der Waals surface area contributed by atoms with Gasteiger partial charge in [0.1, 0.15) is 5.56 Å². The van der Waals surface area contributed by atoms with Gasteiger partial charge in [-0.1, -0.05) is 31.9 Å². The number of nitro groups is 2. The minimum atomic E-state index is -1.23. The molecule has 27 heavy (non-hydrogen) atoms. The van der Waals surface area contributed by atoms with Crippen molar-refractivity contribution in [2.24, 2.45) is 0 Å². The number of rotatable bonds is 11. The second-order valence-corrected chi connectivity index (χ2v) is 6.84. The first-order chi connectivity index (χ1) is 12.8. The summed E-state index contributed by atoms with van der Waals surface area (Å²) in [5.74, 6) is -0.886. The zero-order valence-electron chi connectivity index (χ0n) is 14.0. The highest BCUT2D eigenvalue weighted by molar-refractivity contribution is 9.09. The van der Waals surface area contributed by atoms with Gasteiger partial charge < -0.3 is 20.4 Å². The Balaban J connectivity index is 3.54. The quantitative estimate of drug-likeness (QED) is 0.226. The highest BCUT2D eigenvalue weighted by Crippen LogP contribution is 2.40. The summed E-state index contributed by atoms with van der Waals surface area (Å²) in [4.78, 5) is 35.3. The van der Waals surface area contributed by atoms with Crippen LogP contribution in [0.2, 0.25) is 0 Å². The number of aliphatic hydroxyl groups excluding tert-OH is 2. The summed E-state index contributed by atoms with van der Waals surface area (Å²) in [5, 5.41) is 44.3. The number of nitro benzene ring substituents is 2. The molecule has 0 bridgehead atoms. The Morgan fingerprint density at radius 1 is 1.19 bits per heavy atom. The van der Waals surface area contributed by atoms with Gasteiger partial charge in [0.05, 0.1) is 22.6 Å². The maximum Gasteiger partial charge on any atom is 0.312 e. The number of hydrogen-bond acceptors (Lipinski definition) is 8. The molecule has 1 rings (SSSR count). The molecular weight excluding hydrogens is 496 g/mol. The van der Waals surface area contributed by atoms with Gasteiger partial charge in [-0.3, -0.25) is 25.0 Å². The fourth-order valence-corrected chi connectivity index (χ4v) is 3.16. The third-order valence-electron chi connectivity index (χ3n) is 3.49. The van der Waals surface area contributed by atoms with E-state index < -0.39 is 39.8 Å². The Labute approximate surface area is 170 Å². The molecule has 0 aliphatic carbocycles. The van der Waals surface area contributed by atoms with Crippen LogP contribution in [-0.2, 0) is 0 Å². The number of carbonyl (C=O) groups is 1. The number of carbonyl (C=O) groups excluding carboxylic acids is 1. The van der Waals surface area contributed by atoms with Crippen molar-refractivity contribution in [3.8, 4) is 0 Å². The van der Waals surface area contributed by atoms with Crippen LogP contribution < -0.4 is 10.2 Å². The smallest absolute Gasteiger partial charge is 0.312 e. The van der Waals surface area contributed by atoms with Crippen molar-refractivity contribution in [1.82, 2.24) is 5.32 Å². The maximum atomic E-state index is 12.3. The van der Waals surface area contributed by atoms with E-state index in [4.69, 9.17) is 5.11 Å². The van der Waals surface area contributed by atoms with Crippen LogP contribution in [-0.4, -0.2) is 69.0 Å². The Bertz CT molecular complexity index is 698. The first-order valence-corrected chi connectivity index (χ1v) is 9.92. The van der Waals surface area contributed by atoms with E-state index in [2.05, 4.69) is 37.2 Å². The second-order valence-electron chi connectivity index (χ2n) is 5.26. The third kappa shape index (κ3) is 6.09. The molecule has 1 aromatic rings. The molecular formula is C14H18Br2N4O7. The topological polar surface area (TPSA) is 159 Å². The zero-order valence-corrected chi connectivity index (χ0v) is 17.2. The molecule has 0 fully saturated rings. The number of alkyl halides is 2. The molecule has 1 atom stereocenters. The molecule has 0 saturated heterocycles. The summed E-state index contributed by atoms with van der Waals surface area (Å²) in [7, 11) is 0. The minimum Gasteiger partial charge on any atom is -0.394 e. The van der Waals surface area contributed by atoms with Gasteiger partial charge in [-0.25, -0.2) is 0 Å². The number of benzene rings is 1. The SMILES string of the molecule is O=C(NCC(O)CO)c1ccc([N+](=O)[O-])c(N(CCBr)CCBr)c1[N+](=O)[O-]. The Morgan fingerprint density at radius 3 is 2.22 bits per heavy atom. The lowest BCUT2D eigenvalue weighted by molar-refractivity contribution is -0.392. The van der Waals surface area contributed by atoms with Gasteiger partial charge in [0, 0.05) is 36.4 Å². The number of aliphatic hydroxyl groups is 2. The number of hydrogen-bond donors (Lipinski definition) is 3. The number of halogens is 2. The van der Waals surface area contributed by atoms with Crippen molar-refractivity contribution in [3.63, 3.8) is 0 Å². The molecule has 150 valence electrons. The van der Waals surface area contributed by atoms with E-state index in [0.29, 0.717) is 10.7 Å². The predicted octanol–water partition coefficient (Wildman–Crippen LogP) is 1.18. The molecule has 0 spiro atoms. The van der Waals surface area contributed by atoms with Gasteiger partial charge in [0.15, 0.2) is 5.69 Å². The van der Waals surface area contributed by atoms with Gasteiger partial charge in [-0.15, -0.1) is 0 Å². The van der Waals surface area contributed by atoms with Crippen LogP contribution >= 0.6 is 31.9 Å². The molecule has 1 aromatic carbocycles. The zero-order chi connectivity index (χ0) is 20.6. The van der Waals surface area contributed by atoms with E-state index in [0.717, 1.165) is 12.1 Å². The summed E-state index contributed by atoms with van der Waals surface area (Å²) < 4.78 is 0. The molecule has 1 unspecified atom stereocenters. The minimum absolute atomic E-state index is 0.238. The van der Waals surface area contributed by atoms with Gasteiger partial charge in [-0.2, -0.15) is 0 Å². The van der Waals surface area contributed by atoms with E-state index in [-0.39, 0.29) is 30.9 Å². The third-order valence-corrected chi connectivity index (χ3v) is 4.20. The largest absolute Gasteiger partial charge is 0.394 e. The summed E-state index contributed by atoms with van der Waals surface area (Å²) in [6.07, 6.45) is -1.23. The molecule has 3 N–H and O–H groups in total. The molecule has 0 radical (unpaired) electrons. The number of anilines is 1. The molecule has 0 aromatic heterocycles. The average molecular weight is 514 g/mol. The Kier molecular flexibility index (Phi) is 9.55. The van der Waals surface area contributed by atoms with E-state index >= 15 is 0 Å². The van der Waals surface area contributed by atoms with Gasteiger partial charge in [0.2, 0.25) is 0 Å². The van der Waals surface area contributed by atoms with Crippen LogP contribution in [0.15, 0.2) is 12.1 Å². The highest BCUT2D eigenvalue weighted by atomic mass is 79.9. The number of nitrogens with zero attached hydrogens (tertiary/aromatic N) is 3. The van der Waals surface area contributed by atoms with Crippen LogP contribution in [0, 0.1) is 20.2 Å². The van der Waals surface area contributed by atoms with Gasteiger partial charge >= 0.3 is 5.69 Å². The van der Waals surface area contributed by atoms with Crippen molar-refractivity contribution < 1.29 is 24.9 Å². The first kappa shape index (κ1) is 23.2. The number of amides is 1. The second kappa shape index (κ2) is 11.1. The lowest BCUT2D eigenvalue weighted by Crippen LogP contribution is -2.35. The first-order valence-electron chi connectivity index (χ1n) is 7.68. The summed E-state index contributed by atoms with van der Waals surface area (Å²) in [6.45, 7) is -0.452. The maximum absolute atomic E-state index is 12.3. The predicted molar refractivity (Wildman–Crippen MR) is 105 cm³/mol. The van der Waals surface area contributed by atoms with Crippen molar-refractivity contribution in [2.45, 2.75) is 6.10 Å². The Morgan fingerprint density at radius 2 is 1.78 bits per heavy atom. The normalized spacial score (nSPS) is 11.7. The molecule has 11 nitrogen and oxygen atoms in total. The highest BCUT2D eigenvalue weighted by Gasteiger charge is 2.35. The molecule has 13 heteroatoms. The van der Waals surface area contributed by atoms with Crippen LogP contribution in [0.1, 0.15) is 10.4 Å². The van der Waals surface area contributed by atoms with Crippen molar-refractivity contribution in [1.29, 1.82) is 0 Å². The summed E-state index contributed by atoms with van der Waals surface area (Å²) in [6, 6.07) is 2.04. The van der Waals surface area contributed by atoms with Crippen LogP contribution in [0.25, 0.3) is 0 Å².